The lowest BCUT2D eigenvalue weighted by atomic mass is 9.48. The lowest BCUT2D eigenvalue weighted by Crippen LogP contribution is -2.50. The van der Waals surface area contributed by atoms with Gasteiger partial charge in [0.15, 0.2) is 11.7 Å². The van der Waals surface area contributed by atoms with E-state index in [1.807, 2.05) is 36.4 Å². The molecule has 4 aliphatic carbocycles. The average Bonchev–Trinajstić information content (AvgIpc) is 3.19. The molecule has 1 heterocycles. The molecule has 2 aromatic carbocycles. The van der Waals surface area contributed by atoms with E-state index in [0.29, 0.717) is 17.0 Å². The summed E-state index contributed by atoms with van der Waals surface area (Å²) in [5, 5.41) is 0. The highest BCUT2D eigenvalue weighted by atomic mass is 16.5. The number of carbonyl (C=O) groups is 1. The number of fused-ring (bicyclic) bond motifs is 1. The fourth-order valence-corrected chi connectivity index (χ4v) is 6.87. The molecule has 0 N–H and O–H groups in total. The summed E-state index contributed by atoms with van der Waals surface area (Å²) in [7, 11) is 1.38. The molecule has 0 saturated heterocycles. The van der Waals surface area contributed by atoms with Gasteiger partial charge in [-0.1, -0.05) is 18.2 Å². The second kappa shape index (κ2) is 7.11. The SMILES string of the molecule is COC(=O)c1ccc2nc(C(Oc3ccccc3)C34CC5CC(CC(C5)C3)C4)oc2c1. The molecule has 160 valence electrons. The largest absolute Gasteiger partial charge is 0.480 e. The van der Waals surface area contributed by atoms with E-state index in [1.54, 1.807) is 12.1 Å². The van der Waals surface area contributed by atoms with Crippen molar-refractivity contribution >= 4 is 17.1 Å². The molecule has 1 aromatic heterocycles. The zero-order valence-electron chi connectivity index (χ0n) is 17.8. The average molecular weight is 418 g/mol. The van der Waals surface area contributed by atoms with E-state index >= 15 is 0 Å². The van der Waals surface area contributed by atoms with Gasteiger partial charge in [-0.3, -0.25) is 0 Å². The zero-order chi connectivity index (χ0) is 21.0. The first-order valence-electron chi connectivity index (χ1n) is 11.3. The lowest BCUT2D eigenvalue weighted by molar-refractivity contribution is -0.119. The van der Waals surface area contributed by atoms with E-state index in [2.05, 4.69) is 0 Å². The number of aromatic nitrogens is 1. The van der Waals surface area contributed by atoms with Crippen LogP contribution in [-0.2, 0) is 4.74 Å². The number of hydrogen-bond donors (Lipinski definition) is 0. The number of benzene rings is 2. The Morgan fingerprint density at radius 1 is 1.03 bits per heavy atom. The number of carbonyl (C=O) groups excluding carboxylic acids is 1. The first-order valence-corrected chi connectivity index (χ1v) is 11.3. The highest BCUT2D eigenvalue weighted by Crippen LogP contribution is 2.64. The van der Waals surface area contributed by atoms with E-state index in [-0.39, 0.29) is 17.5 Å². The quantitative estimate of drug-likeness (QED) is 0.480. The molecule has 3 aromatic rings. The van der Waals surface area contributed by atoms with Gasteiger partial charge in [-0.05, 0) is 86.6 Å². The molecule has 4 saturated carbocycles. The normalized spacial score (nSPS) is 29.8. The van der Waals surface area contributed by atoms with E-state index in [0.717, 1.165) is 29.0 Å². The summed E-state index contributed by atoms with van der Waals surface area (Å²) in [6.07, 6.45) is 7.43. The highest BCUT2D eigenvalue weighted by molar-refractivity contribution is 5.93. The van der Waals surface area contributed by atoms with Crippen LogP contribution in [0.1, 0.15) is 60.9 Å². The standard InChI is InChI=1S/C26H27NO4/c1-29-25(28)19-7-8-21-22(12-19)31-24(27-21)23(30-20-5-3-2-4-6-20)26-13-16-9-17(14-26)11-18(10-16)15-26/h2-8,12,16-18,23H,9-11,13-15H2,1H3. The van der Waals surface area contributed by atoms with Crippen LogP contribution in [0.25, 0.3) is 11.1 Å². The van der Waals surface area contributed by atoms with Crippen LogP contribution in [0.3, 0.4) is 0 Å². The second-order valence-corrected chi connectivity index (χ2v) is 9.82. The van der Waals surface area contributed by atoms with Gasteiger partial charge in [0.25, 0.3) is 0 Å². The van der Waals surface area contributed by atoms with Gasteiger partial charge in [0.2, 0.25) is 5.89 Å². The summed E-state index contributed by atoms with van der Waals surface area (Å²) in [6, 6.07) is 15.3. The predicted octanol–water partition coefficient (Wildman–Crippen LogP) is 5.95. The molecular weight excluding hydrogens is 390 g/mol. The Labute approximate surface area is 181 Å². The maximum atomic E-state index is 12.0. The first-order chi connectivity index (χ1) is 15.1. The van der Waals surface area contributed by atoms with Gasteiger partial charge in [0.1, 0.15) is 11.3 Å². The van der Waals surface area contributed by atoms with Gasteiger partial charge in [0, 0.05) is 5.41 Å². The maximum absolute atomic E-state index is 12.0. The molecule has 4 fully saturated rings. The third-order valence-corrected chi connectivity index (χ3v) is 7.69. The van der Waals surface area contributed by atoms with E-state index in [4.69, 9.17) is 18.9 Å². The smallest absolute Gasteiger partial charge is 0.337 e. The predicted molar refractivity (Wildman–Crippen MR) is 116 cm³/mol. The van der Waals surface area contributed by atoms with Crippen LogP contribution in [0.5, 0.6) is 5.75 Å². The Morgan fingerprint density at radius 3 is 2.35 bits per heavy atom. The van der Waals surface area contributed by atoms with Crippen LogP contribution < -0.4 is 4.74 Å². The van der Waals surface area contributed by atoms with E-state index in [9.17, 15) is 4.79 Å². The van der Waals surface area contributed by atoms with Crippen LogP contribution in [0, 0.1) is 23.2 Å². The number of rotatable bonds is 5. The molecule has 1 unspecified atom stereocenters. The third kappa shape index (κ3) is 3.22. The van der Waals surface area contributed by atoms with Crippen molar-refractivity contribution in [1.82, 2.24) is 4.98 Å². The topological polar surface area (TPSA) is 61.6 Å². The Hall–Kier alpha value is -2.82. The number of hydrogen-bond acceptors (Lipinski definition) is 5. The summed E-state index contributed by atoms with van der Waals surface area (Å²) in [4.78, 5) is 16.8. The minimum atomic E-state index is -0.377. The van der Waals surface area contributed by atoms with Crippen molar-refractivity contribution in [2.24, 2.45) is 23.2 Å². The Kier molecular flexibility index (Phi) is 4.34. The van der Waals surface area contributed by atoms with Gasteiger partial charge in [-0.25, -0.2) is 9.78 Å². The number of oxazole rings is 1. The summed E-state index contributed by atoms with van der Waals surface area (Å²) in [5.41, 5.74) is 1.88. The van der Waals surface area contributed by atoms with Gasteiger partial charge >= 0.3 is 5.97 Å². The monoisotopic (exact) mass is 417 g/mol. The molecule has 4 bridgehead atoms. The van der Waals surface area contributed by atoms with E-state index in [1.165, 1.54) is 45.6 Å². The maximum Gasteiger partial charge on any atom is 0.337 e. The fraction of sp³-hybridized carbons (Fsp3) is 0.462. The minimum absolute atomic E-state index is 0.0661. The molecular formula is C26H27NO4. The van der Waals surface area contributed by atoms with Gasteiger partial charge < -0.3 is 13.9 Å². The van der Waals surface area contributed by atoms with Crippen molar-refractivity contribution in [3.05, 3.63) is 60.0 Å². The number of para-hydroxylation sites is 1. The molecule has 0 radical (unpaired) electrons. The van der Waals surface area contributed by atoms with Crippen molar-refractivity contribution in [1.29, 1.82) is 0 Å². The number of nitrogens with zero attached hydrogens (tertiary/aromatic N) is 1. The molecule has 0 spiro atoms. The molecule has 5 heteroatoms. The van der Waals surface area contributed by atoms with Gasteiger partial charge in [-0.2, -0.15) is 0 Å². The van der Waals surface area contributed by atoms with Crippen molar-refractivity contribution in [3.63, 3.8) is 0 Å². The van der Waals surface area contributed by atoms with Crippen LogP contribution in [0.2, 0.25) is 0 Å². The molecule has 1 atom stereocenters. The Morgan fingerprint density at radius 2 is 1.71 bits per heavy atom. The Balaban J connectivity index is 1.43. The second-order valence-electron chi connectivity index (χ2n) is 9.82. The van der Waals surface area contributed by atoms with Crippen LogP contribution in [0.4, 0.5) is 0 Å². The molecule has 5 nitrogen and oxygen atoms in total. The number of ether oxygens (including phenoxy) is 2. The third-order valence-electron chi connectivity index (χ3n) is 7.69. The van der Waals surface area contributed by atoms with Crippen LogP contribution in [0.15, 0.2) is 52.9 Å². The van der Waals surface area contributed by atoms with Crippen molar-refractivity contribution in [2.75, 3.05) is 7.11 Å². The minimum Gasteiger partial charge on any atom is -0.480 e. The highest BCUT2D eigenvalue weighted by Gasteiger charge is 2.56. The van der Waals surface area contributed by atoms with Crippen LogP contribution >= 0.6 is 0 Å². The van der Waals surface area contributed by atoms with Crippen molar-refractivity contribution in [2.45, 2.75) is 44.6 Å². The van der Waals surface area contributed by atoms with Crippen LogP contribution in [-0.4, -0.2) is 18.1 Å². The molecule has 7 rings (SSSR count). The lowest BCUT2D eigenvalue weighted by Gasteiger charge is -2.58. The fourth-order valence-electron chi connectivity index (χ4n) is 6.87. The molecule has 31 heavy (non-hydrogen) atoms. The number of methoxy groups -OCH3 is 1. The molecule has 0 aliphatic heterocycles. The summed E-state index contributed by atoms with van der Waals surface area (Å²) in [5.74, 6) is 3.48. The van der Waals surface area contributed by atoms with Gasteiger partial charge in [-0.15, -0.1) is 0 Å². The first kappa shape index (κ1) is 18.9. The molecule has 4 aliphatic rings. The summed E-state index contributed by atoms with van der Waals surface area (Å²) >= 11 is 0. The molecule has 0 amide bonds. The summed E-state index contributed by atoms with van der Waals surface area (Å²) in [6.45, 7) is 0. The van der Waals surface area contributed by atoms with Gasteiger partial charge in [0.05, 0.1) is 12.7 Å². The summed E-state index contributed by atoms with van der Waals surface area (Å²) < 4.78 is 17.8. The van der Waals surface area contributed by atoms with Crippen molar-refractivity contribution in [3.8, 4) is 5.75 Å². The zero-order valence-corrected chi connectivity index (χ0v) is 17.8. The van der Waals surface area contributed by atoms with Crippen molar-refractivity contribution < 1.29 is 18.7 Å². The van der Waals surface area contributed by atoms with E-state index < -0.39 is 0 Å². The Bertz CT molecular complexity index is 1080. The number of esters is 1.